The molecule has 0 bridgehead atoms. The molecule has 1 heterocycles. The molecular formula is C32H26ClNO5. The summed E-state index contributed by atoms with van der Waals surface area (Å²) < 4.78 is 5.81. The maximum absolute atomic E-state index is 13.1. The second kappa shape index (κ2) is 11.1. The summed E-state index contributed by atoms with van der Waals surface area (Å²) in [5.41, 5.74) is 6.02. The van der Waals surface area contributed by atoms with Crippen molar-refractivity contribution < 1.29 is 24.2 Å². The van der Waals surface area contributed by atoms with E-state index >= 15 is 0 Å². The first-order valence-corrected chi connectivity index (χ1v) is 12.8. The van der Waals surface area contributed by atoms with Crippen molar-refractivity contribution in [2.24, 2.45) is 0 Å². The van der Waals surface area contributed by atoms with Crippen LogP contribution in [0.5, 0.6) is 5.75 Å². The molecule has 0 aliphatic heterocycles. The van der Waals surface area contributed by atoms with Gasteiger partial charge in [0.25, 0.3) is 5.91 Å². The minimum atomic E-state index is -1.20. The van der Waals surface area contributed by atoms with Crippen molar-refractivity contribution >= 4 is 34.4 Å². The van der Waals surface area contributed by atoms with Crippen LogP contribution in [0.4, 0.5) is 0 Å². The molecule has 1 atom stereocenters. The van der Waals surface area contributed by atoms with Gasteiger partial charge in [-0.05, 0) is 77.6 Å². The van der Waals surface area contributed by atoms with E-state index in [1.807, 2.05) is 61.5 Å². The van der Waals surface area contributed by atoms with Crippen LogP contribution < -0.4 is 5.32 Å². The second-order valence-corrected chi connectivity index (χ2v) is 9.99. The minimum Gasteiger partial charge on any atom is -0.508 e. The highest BCUT2D eigenvalue weighted by Crippen LogP contribution is 2.28. The Morgan fingerprint density at radius 2 is 1.67 bits per heavy atom. The third kappa shape index (κ3) is 6.13. The highest BCUT2D eigenvalue weighted by atomic mass is 35.5. The standard InChI is InChI=1S/C32H26ClNO5/c1-19-3-2-4-20(13-19)14-25-15-27(35)12-9-22(25)16-28(32(37)38)34-31(36)30-18-24-6-5-23(17-29(24)39-30)21-7-10-26(33)11-8-21/h2-13,15,17-18,28,35H,14,16H2,1H3,(H,34,36)(H,37,38)/t28-/m0/s1. The fraction of sp³-hybridized carbons (Fsp3) is 0.125. The summed E-state index contributed by atoms with van der Waals surface area (Å²) >= 11 is 5.99. The number of carboxylic acids is 1. The molecule has 0 fully saturated rings. The molecule has 1 amide bonds. The van der Waals surface area contributed by atoms with Gasteiger partial charge in [0.1, 0.15) is 17.4 Å². The highest BCUT2D eigenvalue weighted by molar-refractivity contribution is 6.30. The largest absolute Gasteiger partial charge is 0.508 e. The molecule has 4 aromatic carbocycles. The number of phenolic OH excluding ortho intramolecular Hbond substituents is 1. The van der Waals surface area contributed by atoms with Crippen molar-refractivity contribution in [1.29, 1.82) is 0 Å². The van der Waals surface area contributed by atoms with E-state index in [0.29, 0.717) is 17.0 Å². The number of carboxylic acid groups (broad SMARTS) is 1. The lowest BCUT2D eigenvalue weighted by Crippen LogP contribution is -2.42. The number of amides is 1. The van der Waals surface area contributed by atoms with Crippen LogP contribution in [0.25, 0.3) is 22.1 Å². The molecule has 0 saturated heterocycles. The number of fused-ring (bicyclic) bond motifs is 1. The van der Waals surface area contributed by atoms with Crippen LogP contribution in [0.1, 0.15) is 32.8 Å². The number of aryl methyl sites for hydroxylation is 1. The summed E-state index contributed by atoms with van der Waals surface area (Å²) in [6.07, 6.45) is 0.564. The first-order valence-electron chi connectivity index (χ1n) is 12.4. The predicted molar refractivity (Wildman–Crippen MR) is 151 cm³/mol. The molecule has 5 aromatic rings. The Hall–Kier alpha value is -4.55. The topological polar surface area (TPSA) is 99.8 Å². The molecule has 7 heteroatoms. The molecule has 0 aliphatic carbocycles. The molecule has 3 N–H and O–H groups in total. The zero-order chi connectivity index (χ0) is 27.5. The predicted octanol–water partition coefficient (Wildman–Crippen LogP) is 6.78. The summed E-state index contributed by atoms with van der Waals surface area (Å²) in [7, 11) is 0. The maximum atomic E-state index is 13.1. The first-order chi connectivity index (χ1) is 18.7. The molecule has 0 unspecified atom stereocenters. The van der Waals surface area contributed by atoms with Crippen molar-refractivity contribution in [1.82, 2.24) is 5.32 Å². The Balaban J connectivity index is 1.36. The molecule has 5 rings (SSSR count). The van der Waals surface area contributed by atoms with Gasteiger partial charge in [-0.3, -0.25) is 4.79 Å². The maximum Gasteiger partial charge on any atom is 0.326 e. The summed E-state index contributed by atoms with van der Waals surface area (Å²) in [4.78, 5) is 25.2. The van der Waals surface area contributed by atoms with E-state index in [9.17, 15) is 19.8 Å². The number of aromatic hydroxyl groups is 1. The number of benzene rings is 4. The zero-order valence-electron chi connectivity index (χ0n) is 21.1. The number of carbonyl (C=O) groups is 2. The fourth-order valence-corrected chi connectivity index (χ4v) is 4.76. The Bertz CT molecular complexity index is 1670. The van der Waals surface area contributed by atoms with Gasteiger partial charge in [0.2, 0.25) is 0 Å². The quantitative estimate of drug-likeness (QED) is 0.202. The fourth-order valence-electron chi connectivity index (χ4n) is 4.63. The number of phenols is 1. The number of hydrogen-bond acceptors (Lipinski definition) is 4. The average Bonchev–Trinajstić information content (AvgIpc) is 3.34. The SMILES string of the molecule is Cc1cccc(Cc2cc(O)ccc2C[C@H](NC(=O)c2cc3ccc(-c4ccc(Cl)cc4)cc3o2)C(=O)O)c1. The minimum absolute atomic E-state index is 0.0233. The summed E-state index contributed by atoms with van der Waals surface area (Å²) in [5.74, 6) is -1.67. The molecular weight excluding hydrogens is 514 g/mol. The summed E-state index contributed by atoms with van der Waals surface area (Å²) in [6, 6.07) is 26.2. The van der Waals surface area contributed by atoms with Crippen LogP contribution in [-0.4, -0.2) is 28.1 Å². The monoisotopic (exact) mass is 539 g/mol. The van der Waals surface area contributed by atoms with Crippen LogP contribution in [0.3, 0.4) is 0 Å². The van der Waals surface area contributed by atoms with E-state index < -0.39 is 17.9 Å². The number of nitrogens with one attached hydrogen (secondary N) is 1. The smallest absolute Gasteiger partial charge is 0.326 e. The second-order valence-electron chi connectivity index (χ2n) is 9.56. The molecule has 0 aliphatic rings. The number of carbonyl (C=O) groups excluding carboxylic acids is 1. The molecule has 196 valence electrons. The van der Waals surface area contributed by atoms with Gasteiger partial charge >= 0.3 is 5.97 Å². The highest BCUT2D eigenvalue weighted by Gasteiger charge is 2.24. The Kier molecular flexibility index (Phi) is 7.39. The normalized spacial score (nSPS) is 11.8. The van der Waals surface area contributed by atoms with Crippen molar-refractivity contribution in [2.45, 2.75) is 25.8 Å². The zero-order valence-corrected chi connectivity index (χ0v) is 21.9. The van der Waals surface area contributed by atoms with E-state index in [1.54, 1.807) is 30.3 Å². The van der Waals surface area contributed by atoms with Gasteiger partial charge in [-0.15, -0.1) is 0 Å². The number of furan rings is 1. The van der Waals surface area contributed by atoms with Gasteiger partial charge < -0.3 is 19.9 Å². The lowest BCUT2D eigenvalue weighted by Gasteiger charge is -2.17. The molecule has 39 heavy (non-hydrogen) atoms. The molecule has 0 spiro atoms. The van der Waals surface area contributed by atoms with Crippen molar-refractivity contribution in [3.05, 3.63) is 124 Å². The van der Waals surface area contributed by atoms with Crippen LogP contribution in [0.2, 0.25) is 5.02 Å². The van der Waals surface area contributed by atoms with Crippen molar-refractivity contribution in [3.63, 3.8) is 0 Å². The van der Waals surface area contributed by atoms with Crippen LogP contribution in [0, 0.1) is 6.92 Å². The Labute approximate surface area is 230 Å². The van der Waals surface area contributed by atoms with Gasteiger partial charge in [0, 0.05) is 16.8 Å². The third-order valence-corrected chi connectivity index (χ3v) is 6.87. The van der Waals surface area contributed by atoms with E-state index in [2.05, 4.69) is 5.32 Å². The number of rotatable bonds is 8. The summed E-state index contributed by atoms with van der Waals surface area (Å²) in [5, 5.41) is 24.0. The molecule has 0 saturated carbocycles. The number of hydrogen-bond donors (Lipinski definition) is 3. The van der Waals surface area contributed by atoms with Crippen LogP contribution in [-0.2, 0) is 17.6 Å². The van der Waals surface area contributed by atoms with Gasteiger partial charge in [-0.25, -0.2) is 4.79 Å². The van der Waals surface area contributed by atoms with Crippen LogP contribution >= 0.6 is 11.6 Å². The van der Waals surface area contributed by atoms with Crippen molar-refractivity contribution in [2.75, 3.05) is 0 Å². The molecule has 0 radical (unpaired) electrons. The van der Waals surface area contributed by atoms with Crippen LogP contribution in [0.15, 0.2) is 95.4 Å². The lowest BCUT2D eigenvalue weighted by atomic mass is 9.94. The lowest BCUT2D eigenvalue weighted by molar-refractivity contribution is -0.139. The average molecular weight is 540 g/mol. The van der Waals surface area contributed by atoms with Gasteiger partial charge in [0.05, 0.1) is 0 Å². The Morgan fingerprint density at radius 3 is 2.41 bits per heavy atom. The van der Waals surface area contributed by atoms with E-state index in [-0.39, 0.29) is 17.9 Å². The van der Waals surface area contributed by atoms with E-state index in [4.69, 9.17) is 16.0 Å². The van der Waals surface area contributed by atoms with Gasteiger partial charge in [0.15, 0.2) is 5.76 Å². The third-order valence-electron chi connectivity index (χ3n) is 6.62. The van der Waals surface area contributed by atoms with Gasteiger partial charge in [-0.1, -0.05) is 71.8 Å². The molecule has 1 aromatic heterocycles. The van der Waals surface area contributed by atoms with E-state index in [0.717, 1.165) is 38.8 Å². The number of aliphatic carboxylic acids is 1. The van der Waals surface area contributed by atoms with Gasteiger partial charge in [-0.2, -0.15) is 0 Å². The van der Waals surface area contributed by atoms with Crippen molar-refractivity contribution in [3.8, 4) is 16.9 Å². The van der Waals surface area contributed by atoms with E-state index in [1.165, 1.54) is 6.07 Å². The number of halogens is 1. The Morgan fingerprint density at radius 1 is 0.897 bits per heavy atom. The summed E-state index contributed by atoms with van der Waals surface area (Å²) in [6.45, 7) is 2.00. The molecule has 6 nitrogen and oxygen atoms in total. The first kappa shape index (κ1) is 26.1.